The average Bonchev–Trinajstić information content (AvgIpc) is 2.69. The van der Waals surface area contributed by atoms with E-state index in [1.54, 1.807) is 31.0 Å². The summed E-state index contributed by atoms with van der Waals surface area (Å²) >= 11 is 0. The third kappa shape index (κ3) is 2.72. The largest absolute Gasteiger partial charge is 0.265 e. The van der Waals surface area contributed by atoms with Crippen LogP contribution < -0.4 is 0 Å². The Bertz CT molecular complexity index is 943. The van der Waals surface area contributed by atoms with E-state index in [2.05, 4.69) is 24.9 Å². The predicted molar refractivity (Wildman–Crippen MR) is 89.5 cm³/mol. The van der Waals surface area contributed by atoms with Gasteiger partial charge in [0.25, 0.3) is 0 Å². The lowest BCUT2D eigenvalue weighted by Crippen LogP contribution is -1.98. The highest BCUT2D eigenvalue weighted by Crippen LogP contribution is 2.29. The lowest BCUT2D eigenvalue weighted by atomic mass is 10.1. The van der Waals surface area contributed by atoms with Gasteiger partial charge >= 0.3 is 0 Å². The third-order valence-electron chi connectivity index (χ3n) is 3.49. The van der Waals surface area contributed by atoms with Crippen molar-refractivity contribution in [3.05, 3.63) is 73.7 Å². The molecule has 0 fully saturated rings. The first kappa shape index (κ1) is 14.1. The summed E-state index contributed by atoms with van der Waals surface area (Å²) in [5.41, 5.74) is 4.06. The molecule has 0 aromatic carbocycles. The van der Waals surface area contributed by atoms with Gasteiger partial charge in [0, 0.05) is 42.1 Å². The highest BCUT2D eigenvalue weighted by Gasteiger charge is 2.13. The molecule has 114 valence electrons. The minimum Gasteiger partial charge on any atom is -0.265 e. The maximum atomic E-state index is 4.73. The summed E-state index contributed by atoms with van der Waals surface area (Å²) in [6, 6.07) is 11.3. The first-order valence-electron chi connectivity index (χ1n) is 7.37. The predicted octanol–water partition coefficient (Wildman–Crippen LogP) is 3.06. The van der Waals surface area contributed by atoms with Crippen molar-refractivity contribution in [1.29, 1.82) is 0 Å². The zero-order valence-electron chi connectivity index (χ0n) is 12.6. The van der Waals surface area contributed by atoms with E-state index < -0.39 is 0 Å². The van der Waals surface area contributed by atoms with Gasteiger partial charge in [-0.15, -0.1) is 0 Å². The van der Waals surface area contributed by atoms with E-state index >= 15 is 0 Å². The average molecular weight is 312 g/mol. The van der Waals surface area contributed by atoms with E-state index in [-0.39, 0.29) is 0 Å². The molecule has 0 N–H and O–H groups in total. The zero-order chi connectivity index (χ0) is 16.2. The Labute approximate surface area is 138 Å². The molecular weight excluding hydrogens is 300 g/mol. The van der Waals surface area contributed by atoms with E-state index in [1.165, 1.54) is 6.33 Å². The number of rotatable bonds is 3. The Morgan fingerprint density at radius 1 is 0.667 bits per heavy atom. The van der Waals surface area contributed by atoms with Crippen molar-refractivity contribution in [1.82, 2.24) is 29.9 Å². The van der Waals surface area contributed by atoms with Crippen molar-refractivity contribution in [2.75, 3.05) is 0 Å². The van der Waals surface area contributed by atoms with Crippen LogP contribution in [0.1, 0.15) is 0 Å². The van der Waals surface area contributed by atoms with Gasteiger partial charge in [-0.05, 0) is 30.3 Å². The van der Waals surface area contributed by atoms with Gasteiger partial charge in [-0.1, -0.05) is 6.07 Å². The molecule has 0 bridgehead atoms. The van der Waals surface area contributed by atoms with Crippen LogP contribution in [0, 0.1) is 0 Å². The topological polar surface area (TPSA) is 77.3 Å². The molecule has 4 aromatic heterocycles. The Balaban J connectivity index is 1.92. The first-order valence-corrected chi connectivity index (χ1v) is 7.37. The van der Waals surface area contributed by atoms with Gasteiger partial charge in [0.05, 0.1) is 11.4 Å². The van der Waals surface area contributed by atoms with E-state index in [9.17, 15) is 0 Å². The lowest BCUT2D eigenvalue weighted by Gasteiger charge is -2.09. The van der Waals surface area contributed by atoms with Crippen LogP contribution in [0.3, 0.4) is 0 Å². The second-order valence-corrected chi connectivity index (χ2v) is 5.00. The van der Waals surface area contributed by atoms with Crippen LogP contribution in [0.15, 0.2) is 73.7 Å². The summed E-state index contributed by atoms with van der Waals surface area (Å²) in [4.78, 5) is 25.9. The second kappa shape index (κ2) is 6.29. The van der Waals surface area contributed by atoms with Gasteiger partial charge in [-0.25, -0.2) is 19.9 Å². The number of nitrogens with zero attached hydrogens (tertiary/aromatic N) is 6. The number of hydrogen-bond acceptors (Lipinski definition) is 6. The van der Waals surface area contributed by atoms with Gasteiger partial charge < -0.3 is 0 Å². The fourth-order valence-corrected chi connectivity index (χ4v) is 2.37. The summed E-state index contributed by atoms with van der Waals surface area (Å²) in [7, 11) is 0. The number of hydrogen-bond donors (Lipinski definition) is 0. The molecule has 0 atom stereocenters. The third-order valence-corrected chi connectivity index (χ3v) is 3.49. The molecule has 0 spiro atoms. The summed E-state index contributed by atoms with van der Waals surface area (Å²) < 4.78 is 0. The molecule has 0 saturated heterocycles. The second-order valence-electron chi connectivity index (χ2n) is 5.00. The molecule has 4 aromatic rings. The highest BCUT2D eigenvalue weighted by molar-refractivity contribution is 5.79. The minimum atomic E-state index is 0.570. The van der Waals surface area contributed by atoms with Gasteiger partial charge in [0.15, 0.2) is 5.82 Å². The van der Waals surface area contributed by atoms with E-state index in [4.69, 9.17) is 4.98 Å². The molecule has 6 nitrogen and oxygen atoms in total. The molecule has 6 heteroatoms. The van der Waals surface area contributed by atoms with Crippen LogP contribution in [0.25, 0.3) is 34.0 Å². The van der Waals surface area contributed by atoms with Crippen LogP contribution in [-0.2, 0) is 0 Å². The van der Waals surface area contributed by atoms with Crippen LogP contribution in [0.4, 0.5) is 0 Å². The fraction of sp³-hybridized carbons (Fsp3) is 0. The van der Waals surface area contributed by atoms with E-state index in [0.29, 0.717) is 5.82 Å². The lowest BCUT2D eigenvalue weighted by molar-refractivity contribution is 1.12. The van der Waals surface area contributed by atoms with Crippen molar-refractivity contribution in [3.63, 3.8) is 0 Å². The summed E-state index contributed by atoms with van der Waals surface area (Å²) in [5, 5.41) is 0. The monoisotopic (exact) mass is 312 g/mol. The van der Waals surface area contributed by atoms with Crippen LogP contribution in [-0.4, -0.2) is 29.9 Å². The molecule has 0 aliphatic rings. The van der Waals surface area contributed by atoms with Crippen molar-refractivity contribution >= 4 is 0 Å². The van der Waals surface area contributed by atoms with Crippen LogP contribution in [0.5, 0.6) is 0 Å². The summed E-state index contributed by atoms with van der Waals surface area (Å²) in [6.07, 6.45) is 10.2. The molecule has 0 amide bonds. The SMILES string of the molecule is c1ccc(-c2ncc(-c3ccncn3)c(-c3ccncc3)n2)nc1. The van der Waals surface area contributed by atoms with Crippen LogP contribution >= 0.6 is 0 Å². The maximum absolute atomic E-state index is 4.73. The van der Waals surface area contributed by atoms with Gasteiger partial charge in [-0.2, -0.15) is 0 Å². The van der Waals surface area contributed by atoms with Gasteiger partial charge in [-0.3, -0.25) is 9.97 Å². The van der Waals surface area contributed by atoms with Crippen molar-refractivity contribution < 1.29 is 0 Å². The quantitative estimate of drug-likeness (QED) is 0.578. The zero-order valence-corrected chi connectivity index (χ0v) is 12.6. The molecule has 0 aliphatic heterocycles. The Kier molecular flexibility index (Phi) is 3.69. The normalized spacial score (nSPS) is 10.5. The van der Waals surface area contributed by atoms with E-state index in [1.807, 2.05) is 36.4 Å². The molecule has 0 unspecified atom stereocenters. The molecule has 0 saturated carbocycles. The van der Waals surface area contributed by atoms with Crippen molar-refractivity contribution in [2.24, 2.45) is 0 Å². The Morgan fingerprint density at radius 2 is 1.54 bits per heavy atom. The van der Waals surface area contributed by atoms with Gasteiger partial charge in [0.2, 0.25) is 0 Å². The van der Waals surface area contributed by atoms with Crippen LogP contribution in [0.2, 0.25) is 0 Å². The first-order chi connectivity index (χ1) is 11.9. The number of pyridine rings is 2. The fourth-order valence-electron chi connectivity index (χ4n) is 2.37. The molecular formula is C18H12N6. The highest BCUT2D eigenvalue weighted by atomic mass is 14.9. The molecule has 4 rings (SSSR count). The minimum absolute atomic E-state index is 0.570. The smallest absolute Gasteiger partial charge is 0.178 e. The Hall–Kier alpha value is -3.54. The van der Waals surface area contributed by atoms with Gasteiger partial charge in [0.1, 0.15) is 12.0 Å². The molecule has 0 aliphatic carbocycles. The molecule has 4 heterocycles. The van der Waals surface area contributed by atoms with E-state index in [0.717, 1.165) is 28.2 Å². The summed E-state index contributed by atoms with van der Waals surface area (Å²) in [6.45, 7) is 0. The standard InChI is InChI=1S/C18H12N6/c1-2-7-21-16(3-1)18-22-11-14(15-6-10-20-12-23-15)17(24-18)13-4-8-19-9-5-13/h1-12H. The Morgan fingerprint density at radius 3 is 2.29 bits per heavy atom. The maximum Gasteiger partial charge on any atom is 0.178 e. The summed E-state index contributed by atoms with van der Waals surface area (Å²) in [5.74, 6) is 0.570. The van der Waals surface area contributed by atoms with Crippen molar-refractivity contribution in [3.8, 4) is 34.0 Å². The number of aromatic nitrogens is 6. The molecule has 24 heavy (non-hydrogen) atoms. The molecule has 0 radical (unpaired) electrons. The van der Waals surface area contributed by atoms with Crippen molar-refractivity contribution in [2.45, 2.75) is 0 Å².